The zero-order valence-electron chi connectivity index (χ0n) is 9.83. The van der Waals surface area contributed by atoms with E-state index in [-0.39, 0.29) is 11.9 Å². The van der Waals surface area contributed by atoms with E-state index in [1.807, 2.05) is 13.8 Å². The molecule has 3 heteroatoms. The highest BCUT2D eigenvalue weighted by Gasteiger charge is 2.22. The highest BCUT2D eigenvalue weighted by Crippen LogP contribution is 2.20. The second-order valence-electron chi connectivity index (χ2n) is 4.08. The summed E-state index contributed by atoms with van der Waals surface area (Å²) in [5.74, 6) is 0.784. The first-order chi connectivity index (χ1) is 7.27. The van der Waals surface area contributed by atoms with Crippen LogP contribution in [0.15, 0.2) is 0 Å². The molecule has 0 amide bonds. The van der Waals surface area contributed by atoms with Gasteiger partial charge in [-0.25, -0.2) is 0 Å². The van der Waals surface area contributed by atoms with E-state index in [1.165, 1.54) is 0 Å². The molecule has 1 heterocycles. The highest BCUT2D eigenvalue weighted by molar-refractivity contribution is 5.83. The van der Waals surface area contributed by atoms with Gasteiger partial charge in [0.2, 0.25) is 0 Å². The summed E-state index contributed by atoms with van der Waals surface area (Å²) >= 11 is 0. The average molecular weight is 214 g/mol. The second kappa shape index (κ2) is 6.96. The Labute approximate surface area is 92.1 Å². The molecule has 0 N–H and O–H groups in total. The van der Waals surface area contributed by atoms with Crippen molar-refractivity contribution < 1.29 is 14.3 Å². The van der Waals surface area contributed by atoms with Crippen molar-refractivity contribution in [3.63, 3.8) is 0 Å². The molecular weight excluding hydrogens is 192 g/mol. The minimum Gasteiger partial charge on any atom is -0.381 e. The third-order valence-corrected chi connectivity index (χ3v) is 2.93. The lowest BCUT2D eigenvalue weighted by atomic mass is 9.92. The highest BCUT2D eigenvalue weighted by atomic mass is 16.5. The van der Waals surface area contributed by atoms with Gasteiger partial charge in [-0.2, -0.15) is 0 Å². The van der Waals surface area contributed by atoms with Crippen molar-refractivity contribution in [3.8, 4) is 0 Å². The standard InChI is InChI=1S/C12H22O3/c1-3-12(15-4-2)11(13)9-10-5-7-14-8-6-10/h10,12H,3-9H2,1-2H3. The maximum Gasteiger partial charge on any atom is 0.161 e. The predicted octanol–water partition coefficient (Wildman–Crippen LogP) is 2.19. The molecule has 1 rings (SSSR count). The van der Waals surface area contributed by atoms with Gasteiger partial charge in [0.05, 0.1) is 0 Å². The molecule has 1 aliphatic heterocycles. The molecule has 1 aliphatic rings. The van der Waals surface area contributed by atoms with Crippen LogP contribution in [0.5, 0.6) is 0 Å². The summed E-state index contributed by atoms with van der Waals surface area (Å²) in [5.41, 5.74) is 0. The Morgan fingerprint density at radius 1 is 1.40 bits per heavy atom. The van der Waals surface area contributed by atoms with Gasteiger partial charge in [-0.05, 0) is 32.1 Å². The van der Waals surface area contributed by atoms with Crippen molar-refractivity contribution in [2.24, 2.45) is 5.92 Å². The summed E-state index contributed by atoms with van der Waals surface area (Å²) in [6.45, 7) is 6.18. The van der Waals surface area contributed by atoms with E-state index in [9.17, 15) is 4.79 Å². The van der Waals surface area contributed by atoms with E-state index in [1.54, 1.807) is 0 Å². The van der Waals surface area contributed by atoms with Gasteiger partial charge >= 0.3 is 0 Å². The molecule has 0 aromatic carbocycles. The predicted molar refractivity (Wildman–Crippen MR) is 58.9 cm³/mol. The molecule has 0 spiro atoms. The fourth-order valence-electron chi connectivity index (χ4n) is 2.01. The van der Waals surface area contributed by atoms with E-state index in [0.29, 0.717) is 18.9 Å². The lowest BCUT2D eigenvalue weighted by Crippen LogP contribution is -2.27. The smallest absolute Gasteiger partial charge is 0.161 e. The van der Waals surface area contributed by atoms with Gasteiger partial charge in [0.15, 0.2) is 5.78 Å². The summed E-state index contributed by atoms with van der Waals surface area (Å²) in [7, 11) is 0. The topological polar surface area (TPSA) is 35.5 Å². The third-order valence-electron chi connectivity index (χ3n) is 2.93. The van der Waals surface area contributed by atoms with Crippen molar-refractivity contribution in [2.45, 2.75) is 45.6 Å². The van der Waals surface area contributed by atoms with Crippen molar-refractivity contribution in [2.75, 3.05) is 19.8 Å². The van der Waals surface area contributed by atoms with Gasteiger partial charge in [0.1, 0.15) is 6.10 Å². The molecule has 0 radical (unpaired) electrons. The quantitative estimate of drug-likeness (QED) is 0.680. The third kappa shape index (κ3) is 4.31. The molecule has 1 fully saturated rings. The van der Waals surface area contributed by atoms with Crippen LogP contribution in [-0.2, 0) is 14.3 Å². The lowest BCUT2D eigenvalue weighted by molar-refractivity contribution is -0.132. The zero-order chi connectivity index (χ0) is 11.1. The molecule has 0 aliphatic carbocycles. The van der Waals surface area contributed by atoms with Crippen molar-refractivity contribution in [3.05, 3.63) is 0 Å². The summed E-state index contributed by atoms with van der Waals surface area (Å²) in [6.07, 6.45) is 3.32. The molecule has 88 valence electrons. The molecule has 15 heavy (non-hydrogen) atoms. The summed E-state index contributed by atoms with van der Waals surface area (Å²) in [4.78, 5) is 11.9. The Kier molecular flexibility index (Phi) is 5.88. The molecule has 3 nitrogen and oxygen atoms in total. The monoisotopic (exact) mass is 214 g/mol. The molecular formula is C12H22O3. The van der Waals surface area contributed by atoms with Crippen LogP contribution in [0.3, 0.4) is 0 Å². The van der Waals surface area contributed by atoms with Crippen LogP contribution < -0.4 is 0 Å². The lowest BCUT2D eigenvalue weighted by Gasteiger charge is -2.23. The molecule has 0 aromatic rings. The molecule has 0 aromatic heterocycles. The van der Waals surface area contributed by atoms with E-state index < -0.39 is 0 Å². The maximum atomic E-state index is 11.9. The molecule has 0 saturated carbocycles. The van der Waals surface area contributed by atoms with Gasteiger partial charge in [0, 0.05) is 26.2 Å². The summed E-state index contributed by atoms with van der Waals surface area (Å²) < 4.78 is 10.7. The van der Waals surface area contributed by atoms with Crippen LogP contribution in [0.1, 0.15) is 39.5 Å². The first-order valence-corrected chi connectivity index (χ1v) is 6.00. The number of rotatable bonds is 6. The number of carbonyl (C=O) groups excluding carboxylic acids is 1. The SMILES string of the molecule is CCOC(CC)C(=O)CC1CCOCC1. The van der Waals surface area contributed by atoms with Crippen LogP contribution in [0, 0.1) is 5.92 Å². The van der Waals surface area contributed by atoms with Gasteiger partial charge in [-0.3, -0.25) is 4.79 Å². The van der Waals surface area contributed by atoms with Gasteiger partial charge in [-0.15, -0.1) is 0 Å². The summed E-state index contributed by atoms with van der Waals surface area (Å²) in [5, 5.41) is 0. The fourth-order valence-corrected chi connectivity index (χ4v) is 2.01. The van der Waals surface area contributed by atoms with Crippen molar-refractivity contribution in [1.29, 1.82) is 0 Å². The number of carbonyl (C=O) groups is 1. The van der Waals surface area contributed by atoms with Crippen molar-refractivity contribution in [1.82, 2.24) is 0 Å². The van der Waals surface area contributed by atoms with Crippen LogP contribution in [0.2, 0.25) is 0 Å². The first-order valence-electron chi connectivity index (χ1n) is 6.00. The number of hydrogen-bond donors (Lipinski definition) is 0. The van der Waals surface area contributed by atoms with Crippen LogP contribution in [0.4, 0.5) is 0 Å². The average Bonchev–Trinajstić information content (AvgIpc) is 2.27. The Morgan fingerprint density at radius 3 is 2.60 bits per heavy atom. The molecule has 1 unspecified atom stereocenters. The number of Topliss-reactive ketones (excluding diaryl/α,β-unsaturated/α-hetero) is 1. The number of hydrogen-bond acceptors (Lipinski definition) is 3. The Balaban J connectivity index is 2.31. The van der Waals surface area contributed by atoms with Crippen molar-refractivity contribution >= 4 is 5.78 Å². The normalized spacial score (nSPS) is 20.1. The second-order valence-corrected chi connectivity index (χ2v) is 4.08. The Hall–Kier alpha value is -0.410. The van der Waals surface area contributed by atoms with E-state index in [2.05, 4.69) is 0 Å². The Bertz CT molecular complexity index is 185. The summed E-state index contributed by atoms with van der Waals surface area (Å²) in [6, 6.07) is 0. The van der Waals surface area contributed by atoms with E-state index in [0.717, 1.165) is 32.5 Å². The largest absolute Gasteiger partial charge is 0.381 e. The van der Waals surface area contributed by atoms with Crippen LogP contribution in [-0.4, -0.2) is 31.7 Å². The minimum atomic E-state index is -0.183. The van der Waals surface area contributed by atoms with Gasteiger partial charge < -0.3 is 9.47 Å². The molecule has 1 atom stereocenters. The van der Waals surface area contributed by atoms with E-state index in [4.69, 9.17) is 9.47 Å². The van der Waals surface area contributed by atoms with E-state index >= 15 is 0 Å². The maximum absolute atomic E-state index is 11.9. The minimum absolute atomic E-state index is 0.183. The number of ketones is 1. The first kappa shape index (κ1) is 12.7. The fraction of sp³-hybridized carbons (Fsp3) is 0.917. The van der Waals surface area contributed by atoms with Crippen LogP contribution >= 0.6 is 0 Å². The molecule has 1 saturated heterocycles. The number of ether oxygens (including phenoxy) is 2. The van der Waals surface area contributed by atoms with Gasteiger partial charge in [0.25, 0.3) is 0 Å². The zero-order valence-corrected chi connectivity index (χ0v) is 9.83. The van der Waals surface area contributed by atoms with Gasteiger partial charge in [-0.1, -0.05) is 6.92 Å². The van der Waals surface area contributed by atoms with Crippen LogP contribution in [0.25, 0.3) is 0 Å². The Morgan fingerprint density at radius 2 is 2.07 bits per heavy atom. The molecule has 0 bridgehead atoms.